The number of rotatable bonds is 9. The van der Waals surface area contributed by atoms with Gasteiger partial charge in [-0.3, -0.25) is 19.1 Å². The molecule has 12 heteroatoms. The van der Waals surface area contributed by atoms with Crippen LogP contribution < -0.4 is 0 Å². The van der Waals surface area contributed by atoms with E-state index in [9.17, 15) is 18.9 Å². The van der Waals surface area contributed by atoms with Gasteiger partial charge in [0.1, 0.15) is 26.9 Å². The molecule has 3 aromatic carbocycles. The number of carboxylic acids is 1. The molecule has 246 valence electrons. The van der Waals surface area contributed by atoms with E-state index < -0.39 is 22.0 Å². The van der Waals surface area contributed by atoms with Gasteiger partial charge in [-0.05, 0) is 91.3 Å². The maximum absolute atomic E-state index is 13.6. The van der Waals surface area contributed by atoms with Crippen LogP contribution in [-0.2, 0) is 21.4 Å². The first-order valence-corrected chi connectivity index (χ1v) is 18.3. The molecule has 1 unspecified atom stereocenters. The minimum atomic E-state index is -1.57. The number of amides is 1. The van der Waals surface area contributed by atoms with Gasteiger partial charge < -0.3 is 10.0 Å². The Morgan fingerprint density at radius 2 is 1.62 bits per heavy atom. The second-order valence-electron chi connectivity index (χ2n) is 11.8. The molecule has 0 spiro atoms. The van der Waals surface area contributed by atoms with Crippen LogP contribution >= 0.6 is 22.0 Å². The van der Waals surface area contributed by atoms with Crippen molar-refractivity contribution in [1.82, 2.24) is 19.7 Å². The molecule has 0 fully saturated rings. The SMILES string of the molecule is CCN(Cc1ccc(S(=O)Cl)cc1)C(=O)c1ccc(-c2ccc(C3=N[C@@H](CC(=O)O)c4nnc(C)n4-c4sc(C)c(C)c43)cc2)cc1C. The van der Waals surface area contributed by atoms with Gasteiger partial charge in [-0.25, -0.2) is 4.21 Å². The fourth-order valence-electron chi connectivity index (χ4n) is 6.01. The lowest BCUT2D eigenvalue weighted by atomic mass is 9.95. The van der Waals surface area contributed by atoms with E-state index in [0.29, 0.717) is 35.2 Å². The van der Waals surface area contributed by atoms with Gasteiger partial charge in [-0.15, -0.1) is 21.5 Å². The molecule has 0 radical (unpaired) electrons. The molecular formula is C36H34ClN5O4S2. The number of hydrogen-bond acceptors (Lipinski definition) is 7. The number of aliphatic carboxylic acids is 1. The van der Waals surface area contributed by atoms with Crippen molar-refractivity contribution in [2.24, 2.45) is 4.99 Å². The van der Waals surface area contributed by atoms with Crippen molar-refractivity contribution >= 4 is 49.6 Å². The number of carboxylic acid groups (broad SMARTS) is 1. The average Bonchev–Trinajstić information content (AvgIpc) is 3.55. The maximum atomic E-state index is 13.6. The maximum Gasteiger partial charge on any atom is 0.306 e. The number of benzene rings is 3. The minimum Gasteiger partial charge on any atom is -0.481 e. The number of hydrogen-bond donors (Lipinski definition) is 1. The molecular weight excluding hydrogens is 666 g/mol. The van der Waals surface area contributed by atoms with Crippen LogP contribution in [-0.4, -0.2) is 53.1 Å². The molecule has 0 aliphatic carbocycles. The normalized spacial score (nSPS) is 14.5. The Kier molecular flexibility index (Phi) is 9.46. The Hall–Kier alpha value is -4.45. The number of nitrogens with zero attached hydrogens (tertiary/aromatic N) is 5. The summed E-state index contributed by atoms with van der Waals surface area (Å²) in [6.45, 7) is 10.9. The number of halogens is 1. The second-order valence-corrected chi connectivity index (χ2v) is 14.8. The molecule has 0 saturated carbocycles. The number of fused-ring (bicyclic) bond motifs is 3. The largest absolute Gasteiger partial charge is 0.481 e. The predicted molar refractivity (Wildman–Crippen MR) is 190 cm³/mol. The van der Waals surface area contributed by atoms with Crippen LogP contribution in [0.3, 0.4) is 0 Å². The second kappa shape index (κ2) is 13.6. The Balaban J connectivity index is 1.29. The highest BCUT2D eigenvalue weighted by atomic mass is 35.7. The van der Waals surface area contributed by atoms with Crippen molar-refractivity contribution in [2.45, 2.75) is 58.5 Å². The highest BCUT2D eigenvalue weighted by Crippen LogP contribution is 2.39. The van der Waals surface area contributed by atoms with E-state index in [1.165, 1.54) is 0 Å². The number of carbonyl (C=O) groups is 2. The molecule has 1 amide bonds. The molecule has 2 atom stereocenters. The number of aliphatic imine (C=N–C) groups is 1. The van der Waals surface area contributed by atoms with Gasteiger partial charge in [0.25, 0.3) is 5.91 Å². The fourth-order valence-corrected chi connectivity index (χ4v) is 7.89. The zero-order valence-electron chi connectivity index (χ0n) is 27.2. The number of carbonyl (C=O) groups excluding carboxylic acids is 1. The lowest BCUT2D eigenvalue weighted by Crippen LogP contribution is -2.30. The van der Waals surface area contributed by atoms with Crippen molar-refractivity contribution < 1.29 is 18.9 Å². The first kappa shape index (κ1) is 33.5. The first-order chi connectivity index (χ1) is 23.0. The summed E-state index contributed by atoms with van der Waals surface area (Å²) < 4.78 is 13.5. The predicted octanol–water partition coefficient (Wildman–Crippen LogP) is 7.52. The van der Waals surface area contributed by atoms with Gasteiger partial charge in [-0.2, -0.15) is 0 Å². The lowest BCUT2D eigenvalue weighted by molar-refractivity contribution is -0.137. The number of thiophene rings is 1. The van der Waals surface area contributed by atoms with Gasteiger partial charge in [0.2, 0.25) is 0 Å². The number of aryl methyl sites for hydroxylation is 3. The van der Waals surface area contributed by atoms with Gasteiger partial charge in [0, 0.05) is 34.7 Å². The van der Waals surface area contributed by atoms with Crippen LogP contribution in [0.15, 0.2) is 76.6 Å². The standard InChI is InChI=1S/C36H34ClN5O4S2/c1-6-41(19-24-7-14-28(15-8-24)48(37)46)35(45)29-16-13-27(17-20(29)2)25-9-11-26(12-10-25)33-32-21(3)22(4)47-36(32)42-23(5)39-40-34(42)30(38-33)18-31(43)44/h7-17,30H,6,18-19H2,1-5H3,(H,43,44)/t30-,48?/m0/s1. The Labute approximate surface area is 289 Å². The summed E-state index contributed by atoms with van der Waals surface area (Å²) in [4.78, 5) is 33.9. The topological polar surface area (TPSA) is 118 Å². The molecule has 2 aromatic heterocycles. The van der Waals surface area contributed by atoms with E-state index in [1.807, 2.05) is 79.9 Å². The van der Waals surface area contributed by atoms with Crippen molar-refractivity contribution in [3.05, 3.63) is 117 Å². The van der Waals surface area contributed by atoms with Crippen LogP contribution in [0.25, 0.3) is 16.1 Å². The van der Waals surface area contributed by atoms with Crippen LogP contribution in [0.5, 0.6) is 0 Å². The summed E-state index contributed by atoms with van der Waals surface area (Å²) in [5.41, 5.74) is 8.04. The molecule has 3 heterocycles. The van der Waals surface area contributed by atoms with Gasteiger partial charge in [0.15, 0.2) is 5.82 Å². The Morgan fingerprint density at radius 1 is 0.958 bits per heavy atom. The van der Waals surface area contributed by atoms with E-state index in [4.69, 9.17) is 15.7 Å². The smallest absolute Gasteiger partial charge is 0.306 e. The first-order valence-electron chi connectivity index (χ1n) is 15.5. The summed E-state index contributed by atoms with van der Waals surface area (Å²) in [7, 11) is 4.11. The molecule has 6 rings (SSSR count). The summed E-state index contributed by atoms with van der Waals surface area (Å²) in [5.74, 6) is 0.195. The molecule has 5 aromatic rings. The van der Waals surface area contributed by atoms with Crippen LogP contribution in [0.2, 0.25) is 0 Å². The number of aromatic nitrogens is 3. The molecule has 0 bridgehead atoms. The third kappa shape index (κ3) is 6.37. The summed E-state index contributed by atoms with van der Waals surface area (Å²) in [5, 5.41) is 19.3. The van der Waals surface area contributed by atoms with Crippen molar-refractivity contribution in [3.8, 4) is 16.1 Å². The summed E-state index contributed by atoms with van der Waals surface area (Å²) >= 11 is 1.63. The quantitative estimate of drug-likeness (QED) is 0.159. The van der Waals surface area contributed by atoms with Crippen molar-refractivity contribution in [2.75, 3.05) is 6.54 Å². The Morgan fingerprint density at radius 3 is 2.25 bits per heavy atom. The lowest BCUT2D eigenvalue weighted by Gasteiger charge is -2.22. The molecule has 0 saturated heterocycles. The van der Waals surface area contributed by atoms with Crippen molar-refractivity contribution in [1.29, 1.82) is 0 Å². The van der Waals surface area contributed by atoms with E-state index in [1.54, 1.807) is 28.4 Å². The van der Waals surface area contributed by atoms with Gasteiger partial charge in [0.05, 0.1) is 17.0 Å². The highest BCUT2D eigenvalue weighted by molar-refractivity contribution is 8.08. The molecule has 9 nitrogen and oxygen atoms in total. The molecule has 1 aliphatic heterocycles. The summed E-state index contributed by atoms with van der Waals surface area (Å²) in [6, 6.07) is 20.4. The zero-order chi connectivity index (χ0) is 34.3. The van der Waals surface area contributed by atoms with E-state index in [2.05, 4.69) is 24.0 Å². The molecule has 1 aliphatic rings. The zero-order valence-corrected chi connectivity index (χ0v) is 29.5. The van der Waals surface area contributed by atoms with E-state index >= 15 is 0 Å². The fraction of sp³-hybridized carbons (Fsp3) is 0.250. The third-order valence-corrected chi connectivity index (χ3v) is 11.1. The van der Waals surface area contributed by atoms with E-state index in [0.717, 1.165) is 54.5 Å². The highest BCUT2D eigenvalue weighted by Gasteiger charge is 2.32. The monoisotopic (exact) mass is 699 g/mol. The van der Waals surface area contributed by atoms with Gasteiger partial charge >= 0.3 is 5.97 Å². The third-order valence-electron chi connectivity index (χ3n) is 8.71. The Bertz CT molecular complexity index is 2100. The molecule has 48 heavy (non-hydrogen) atoms. The van der Waals surface area contributed by atoms with Gasteiger partial charge in [-0.1, -0.05) is 48.5 Å². The molecule has 1 N–H and O–H groups in total. The minimum absolute atomic E-state index is 0.0631. The van der Waals surface area contributed by atoms with E-state index in [-0.39, 0.29) is 12.3 Å². The van der Waals surface area contributed by atoms with Crippen molar-refractivity contribution in [3.63, 3.8) is 0 Å². The summed E-state index contributed by atoms with van der Waals surface area (Å²) in [6.07, 6.45) is -0.199. The average molecular weight is 700 g/mol. The van der Waals surface area contributed by atoms with Crippen LogP contribution in [0.1, 0.15) is 74.1 Å². The van der Waals surface area contributed by atoms with Crippen LogP contribution in [0, 0.1) is 27.7 Å². The van der Waals surface area contributed by atoms with Crippen LogP contribution in [0.4, 0.5) is 0 Å².